The Balaban J connectivity index is 0.000000791. The van der Waals surface area contributed by atoms with E-state index in [2.05, 4.69) is 9.97 Å². The molecule has 0 aliphatic carbocycles. The van der Waals surface area contributed by atoms with E-state index in [4.69, 9.17) is 5.73 Å². The van der Waals surface area contributed by atoms with Crippen LogP contribution >= 0.6 is 0 Å². The molecule has 2 N–H and O–H groups in total. The highest BCUT2D eigenvalue weighted by atomic mass is 19.4. The highest BCUT2D eigenvalue weighted by Gasteiger charge is 2.33. The third kappa shape index (κ3) is 3.20. The van der Waals surface area contributed by atoms with E-state index in [1.165, 1.54) is 6.92 Å². The first kappa shape index (κ1) is 12.7. The maximum Gasteiger partial charge on any atom is 0.419 e. The van der Waals surface area contributed by atoms with Crippen LogP contribution in [0.5, 0.6) is 0 Å². The van der Waals surface area contributed by atoms with Gasteiger partial charge in [0.25, 0.3) is 0 Å². The Hall–Kier alpha value is -1.33. The van der Waals surface area contributed by atoms with Crippen LogP contribution in [0.15, 0.2) is 6.20 Å². The Morgan fingerprint density at radius 3 is 2.14 bits per heavy atom. The molecule has 0 saturated heterocycles. The van der Waals surface area contributed by atoms with Crippen molar-refractivity contribution in [2.45, 2.75) is 26.9 Å². The molecule has 0 aliphatic rings. The van der Waals surface area contributed by atoms with Crippen molar-refractivity contribution in [1.82, 2.24) is 9.97 Å². The number of halogens is 3. The third-order valence-electron chi connectivity index (χ3n) is 1.30. The van der Waals surface area contributed by atoms with Crippen LogP contribution in [-0.2, 0) is 6.18 Å². The lowest BCUT2D eigenvalue weighted by Gasteiger charge is -2.07. The Labute approximate surface area is 80.2 Å². The van der Waals surface area contributed by atoms with Gasteiger partial charge in [0.1, 0.15) is 0 Å². The predicted octanol–water partition coefficient (Wildman–Crippen LogP) is 2.41. The van der Waals surface area contributed by atoms with Gasteiger partial charge in [0, 0.05) is 6.20 Å². The fourth-order valence-electron chi connectivity index (χ4n) is 0.763. The molecule has 3 nitrogen and oxygen atoms in total. The van der Waals surface area contributed by atoms with Gasteiger partial charge in [-0.3, -0.25) is 0 Å². The van der Waals surface area contributed by atoms with Gasteiger partial charge in [0.15, 0.2) is 0 Å². The van der Waals surface area contributed by atoms with Gasteiger partial charge in [0.2, 0.25) is 5.95 Å². The van der Waals surface area contributed by atoms with Gasteiger partial charge in [0.05, 0.1) is 11.3 Å². The lowest BCUT2D eigenvalue weighted by molar-refractivity contribution is -0.138. The number of nitrogens with two attached hydrogens (primary N) is 1. The first-order valence-electron chi connectivity index (χ1n) is 4.07. The second-order valence-corrected chi connectivity index (χ2v) is 2.23. The molecule has 1 rings (SSSR count). The fourth-order valence-corrected chi connectivity index (χ4v) is 0.763. The lowest BCUT2D eigenvalue weighted by Crippen LogP contribution is -2.10. The van der Waals surface area contributed by atoms with Gasteiger partial charge in [-0.2, -0.15) is 13.2 Å². The van der Waals surface area contributed by atoms with Crippen molar-refractivity contribution in [3.05, 3.63) is 17.5 Å². The minimum absolute atomic E-state index is 0.152. The number of hydrogen-bond donors (Lipinski definition) is 1. The summed E-state index contributed by atoms with van der Waals surface area (Å²) in [7, 11) is 0. The maximum atomic E-state index is 12.1. The second kappa shape index (κ2) is 4.78. The molecule has 0 atom stereocenters. The molecule has 1 heterocycles. The molecule has 0 aromatic carbocycles. The molecule has 80 valence electrons. The number of aromatic nitrogens is 2. The highest BCUT2D eigenvalue weighted by Crippen LogP contribution is 2.30. The molecule has 0 unspecified atom stereocenters. The summed E-state index contributed by atoms with van der Waals surface area (Å²) in [6.07, 6.45) is -3.73. The lowest BCUT2D eigenvalue weighted by atomic mass is 10.2. The van der Waals surface area contributed by atoms with E-state index in [1.807, 2.05) is 13.8 Å². The summed E-state index contributed by atoms with van der Waals surface area (Å²) in [4.78, 5) is 6.64. The third-order valence-corrected chi connectivity index (χ3v) is 1.30. The van der Waals surface area contributed by atoms with Gasteiger partial charge in [-0.05, 0) is 6.92 Å². The number of rotatable bonds is 0. The van der Waals surface area contributed by atoms with Crippen molar-refractivity contribution in [1.29, 1.82) is 0 Å². The van der Waals surface area contributed by atoms with E-state index in [-0.39, 0.29) is 11.6 Å². The predicted molar refractivity (Wildman–Crippen MR) is 47.5 cm³/mol. The summed E-state index contributed by atoms with van der Waals surface area (Å²) in [5.74, 6) is -0.152. The number of nitrogen functional groups attached to an aromatic ring is 1. The molecule has 0 aliphatic heterocycles. The van der Waals surface area contributed by atoms with Crippen molar-refractivity contribution in [3.63, 3.8) is 0 Å². The minimum Gasteiger partial charge on any atom is -0.368 e. The summed E-state index contributed by atoms with van der Waals surface area (Å²) in [5.41, 5.74) is 4.07. The Morgan fingerprint density at radius 2 is 1.79 bits per heavy atom. The smallest absolute Gasteiger partial charge is 0.368 e. The molecule has 0 amide bonds. The summed E-state index contributed by atoms with van der Waals surface area (Å²) in [6, 6.07) is 0. The van der Waals surface area contributed by atoms with Gasteiger partial charge in [-0.25, -0.2) is 9.97 Å². The largest absolute Gasteiger partial charge is 0.419 e. The summed E-state index contributed by atoms with van der Waals surface area (Å²) >= 11 is 0. The zero-order valence-corrected chi connectivity index (χ0v) is 8.18. The topological polar surface area (TPSA) is 51.8 Å². The van der Waals surface area contributed by atoms with Crippen LogP contribution in [0, 0.1) is 6.92 Å². The highest BCUT2D eigenvalue weighted by molar-refractivity contribution is 5.26. The van der Waals surface area contributed by atoms with Crippen molar-refractivity contribution in [2.24, 2.45) is 0 Å². The molecule has 0 radical (unpaired) electrons. The Bertz CT molecular complexity index is 296. The van der Waals surface area contributed by atoms with Gasteiger partial charge in [-0.15, -0.1) is 0 Å². The van der Waals surface area contributed by atoms with E-state index in [0.29, 0.717) is 6.20 Å². The SMILES string of the molecule is CC.Cc1nc(N)ncc1C(F)(F)F. The van der Waals surface area contributed by atoms with Crippen LogP contribution < -0.4 is 5.73 Å². The number of hydrogen-bond acceptors (Lipinski definition) is 3. The van der Waals surface area contributed by atoms with Crippen LogP contribution in [0.3, 0.4) is 0 Å². The van der Waals surface area contributed by atoms with E-state index < -0.39 is 11.7 Å². The molecule has 1 aromatic heterocycles. The molecule has 0 fully saturated rings. The minimum atomic E-state index is -4.40. The van der Waals surface area contributed by atoms with E-state index in [1.54, 1.807) is 0 Å². The van der Waals surface area contributed by atoms with Crippen molar-refractivity contribution >= 4 is 5.95 Å². The van der Waals surface area contributed by atoms with E-state index in [9.17, 15) is 13.2 Å². The molecule has 0 spiro atoms. The zero-order chi connectivity index (χ0) is 11.4. The Kier molecular flexibility index (Phi) is 4.33. The fraction of sp³-hybridized carbons (Fsp3) is 0.500. The number of nitrogens with zero attached hydrogens (tertiary/aromatic N) is 2. The monoisotopic (exact) mass is 207 g/mol. The van der Waals surface area contributed by atoms with Crippen LogP contribution in [-0.4, -0.2) is 9.97 Å². The molecule has 0 saturated carbocycles. The van der Waals surface area contributed by atoms with Crippen molar-refractivity contribution in [2.75, 3.05) is 5.73 Å². The summed E-state index contributed by atoms with van der Waals surface area (Å²) in [5, 5.41) is 0. The number of aryl methyl sites for hydroxylation is 1. The molecule has 14 heavy (non-hydrogen) atoms. The quantitative estimate of drug-likeness (QED) is 0.710. The normalized spacial score (nSPS) is 10.4. The van der Waals surface area contributed by atoms with Crippen molar-refractivity contribution < 1.29 is 13.2 Å². The maximum absolute atomic E-state index is 12.1. The van der Waals surface area contributed by atoms with Gasteiger partial charge < -0.3 is 5.73 Å². The molecule has 0 bridgehead atoms. The summed E-state index contributed by atoms with van der Waals surface area (Å²) < 4.78 is 36.2. The number of alkyl halides is 3. The zero-order valence-electron chi connectivity index (χ0n) is 8.18. The van der Waals surface area contributed by atoms with Crippen LogP contribution in [0.1, 0.15) is 25.1 Å². The van der Waals surface area contributed by atoms with Gasteiger partial charge >= 0.3 is 6.18 Å². The standard InChI is InChI=1S/C6H6F3N3.C2H6/c1-3-4(6(7,8)9)2-11-5(10)12-3;1-2/h2H,1H3,(H2,10,11,12);1-2H3. The molecule has 1 aromatic rings. The van der Waals surface area contributed by atoms with E-state index in [0.717, 1.165) is 0 Å². The van der Waals surface area contributed by atoms with Crippen LogP contribution in [0.25, 0.3) is 0 Å². The first-order valence-corrected chi connectivity index (χ1v) is 4.07. The van der Waals surface area contributed by atoms with Gasteiger partial charge in [-0.1, -0.05) is 13.8 Å². The number of anilines is 1. The van der Waals surface area contributed by atoms with Crippen molar-refractivity contribution in [3.8, 4) is 0 Å². The van der Waals surface area contributed by atoms with Crippen LogP contribution in [0.4, 0.5) is 19.1 Å². The average Bonchev–Trinajstić information content (AvgIpc) is 2.05. The molecular weight excluding hydrogens is 195 g/mol. The second-order valence-electron chi connectivity index (χ2n) is 2.23. The first-order chi connectivity index (χ1) is 6.41. The average molecular weight is 207 g/mol. The summed E-state index contributed by atoms with van der Waals surface area (Å²) in [6.45, 7) is 5.24. The van der Waals surface area contributed by atoms with Crippen LogP contribution in [0.2, 0.25) is 0 Å². The molecular formula is C8H12F3N3. The molecule has 6 heteroatoms. The Morgan fingerprint density at radius 1 is 1.29 bits per heavy atom. The van der Waals surface area contributed by atoms with E-state index >= 15 is 0 Å².